The van der Waals surface area contributed by atoms with Crippen molar-refractivity contribution in [2.75, 3.05) is 5.43 Å². The highest BCUT2D eigenvalue weighted by Gasteiger charge is 2.16. The zero-order valence-corrected chi connectivity index (χ0v) is 15.7. The topological polar surface area (TPSA) is 103 Å². The van der Waals surface area contributed by atoms with E-state index in [1.54, 1.807) is 55.1 Å². The predicted molar refractivity (Wildman–Crippen MR) is 110 cm³/mol. The molecule has 1 aromatic heterocycles. The first-order chi connectivity index (χ1) is 13.9. The summed E-state index contributed by atoms with van der Waals surface area (Å²) in [5.41, 5.74) is 0.980. The van der Waals surface area contributed by atoms with Crippen LogP contribution < -0.4 is 32.6 Å². The number of anilines is 1. The predicted octanol–water partition coefficient (Wildman–Crippen LogP) is 0.522. The van der Waals surface area contributed by atoms with Crippen LogP contribution >= 0.6 is 0 Å². The maximum absolute atomic E-state index is 12.9. The molecule has 0 unspecified atom stereocenters. The Bertz CT molecular complexity index is 1520. The van der Waals surface area contributed by atoms with Gasteiger partial charge in [0.15, 0.2) is 5.36 Å². The average Bonchev–Trinajstić information content (AvgIpc) is 2.95. The number of hydrogen-bond acceptors (Lipinski definition) is 6. The van der Waals surface area contributed by atoms with Crippen molar-refractivity contribution in [3.05, 3.63) is 107 Å². The van der Waals surface area contributed by atoms with Crippen molar-refractivity contribution >= 4 is 16.5 Å². The van der Waals surface area contributed by atoms with Gasteiger partial charge in [-0.1, -0.05) is 42.5 Å². The Morgan fingerprint density at radius 3 is 2.03 bits per heavy atom. The fourth-order valence-electron chi connectivity index (χ4n) is 3.25. The summed E-state index contributed by atoms with van der Waals surface area (Å²) in [6, 6.07) is 15.1. The van der Waals surface area contributed by atoms with Crippen LogP contribution in [0.4, 0.5) is 5.69 Å². The van der Waals surface area contributed by atoms with Crippen molar-refractivity contribution in [2.24, 2.45) is 12.1 Å². The lowest BCUT2D eigenvalue weighted by Gasteiger charge is -2.07. The van der Waals surface area contributed by atoms with E-state index < -0.39 is 27.2 Å². The lowest BCUT2D eigenvalue weighted by Crippen LogP contribution is -2.48. The molecule has 4 aromatic rings. The van der Waals surface area contributed by atoms with Gasteiger partial charge in [0, 0.05) is 17.8 Å². The first-order valence-electron chi connectivity index (χ1n) is 8.82. The van der Waals surface area contributed by atoms with Crippen molar-refractivity contribution in [1.29, 1.82) is 0 Å². The van der Waals surface area contributed by atoms with Crippen LogP contribution in [0.3, 0.4) is 0 Å². The molecule has 0 aliphatic rings. The highest BCUT2D eigenvalue weighted by molar-refractivity contribution is 5.81. The van der Waals surface area contributed by atoms with Crippen LogP contribution in [-0.2, 0) is 7.05 Å². The van der Waals surface area contributed by atoms with Gasteiger partial charge in [0.25, 0.3) is 11.0 Å². The summed E-state index contributed by atoms with van der Waals surface area (Å²) in [6.45, 7) is 1.70. The molecule has 0 bridgehead atoms. The summed E-state index contributed by atoms with van der Waals surface area (Å²) in [5.74, 6) is 0. The molecule has 8 nitrogen and oxygen atoms in total. The Morgan fingerprint density at radius 2 is 1.38 bits per heavy atom. The van der Waals surface area contributed by atoms with E-state index in [2.05, 4.69) is 10.5 Å². The summed E-state index contributed by atoms with van der Waals surface area (Å²) < 4.78 is 3.06. The van der Waals surface area contributed by atoms with Crippen LogP contribution in [-0.4, -0.2) is 9.36 Å². The highest BCUT2D eigenvalue weighted by Crippen LogP contribution is 2.13. The average molecular weight is 388 g/mol. The Balaban J connectivity index is 1.91. The van der Waals surface area contributed by atoms with Crippen LogP contribution in [0.25, 0.3) is 16.5 Å². The van der Waals surface area contributed by atoms with Crippen LogP contribution in [0.5, 0.6) is 0 Å². The van der Waals surface area contributed by atoms with E-state index in [9.17, 15) is 19.2 Å². The van der Waals surface area contributed by atoms with E-state index in [1.165, 1.54) is 16.8 Å². The molecule has 1 heterocycles. The zero-order valence-electron chi connectivity index (χ0n) is 15.7. The Labute approximate surface area is 163 Å². The molecule has 144 valence electrons. The van der Waals surface area contributed by atoms with Gasteiger partial charge in [0.2, 0.25) is 10.9 Å². The number of hydrogen-bond donors (Lipinski definition) is 1. The molecule has 0 saturated carbocycles. The van der Waals surface area contributed by atoms with E-state index >= 15 is 0 Å². The number of nitrogens with one attached hydrogen (secondary N) is 1. The molecular weight excluding hydrogens is 372 g/mol. The Hall–Kier alpha value is -4.07. The largest absolute Gasteiger partial charge is 0.296 e. The minimum Gasteiger partial charge on any atom is -0.287 e. The number of nitrogens with zero attached hydrogens (tertiary/aromatic N) is 3. The van der Waals surface area contributed by atoms with Crippen LogP contribution in [0.2, 0.25) is 0 Å². The third-order valence-electron chi connectivity index (χ3n) is 4.89. The standard InChI is InChI=1S/C21H16N4O4/c1-12-16(21(29)25(24(12)2)13-8-4-3-5-9-13)22-23-17-18(26)14-10-6-7-11-15(14)19(27)20(17)28/h3-11,22H,1-2H3/b23-17-. The molecule has 0 saturated heterocycles. The van der Waals surface area contributed by atoms with Gasteiger partial charge in [0.05, 0.1) is 11.4 Å². The number of aromatic nitrogens is 2. The van der Waals surface area contributed by atoms with E-state index in [1.807, 2.05) is 6.07 Å². The van der Waals surface area contributed by atoms with Gasteiger partial charge in [-0.2, -0.15) is 5.10 Å². The monoisotopic (exact) mass is 388 g/mol. The Morgan fingerprint density at radius 1 is 0.793 bits per heavy atom. The molecule has 0 fully saturated rings. The summed E-state index contributed by atoms with van der Waals surface area (Å²) >= 11 is 0. The molecule has 0 spiro atoms. The van der Waals surface area contributed by atoms with Crippen molar-refractivity contribution < 1.29 is 0 Å². The van der Waals surface area contributed by atoms with Crippen molar-refractivity contribution in [3.8, 4) is 5.69 Å². The normalized spacial score (nSPS) is 11.9. The second kappa shape index (κ2) is 6.83. The molecule has 0 amide bonds. The molecule has 3 aromatic carbocycles. The molecule has 0 aliphatic heterocycles. The quantitative estimate of drug-likeness (QED) is 0.407. The van der Waals surface area contributed by atoms with E-state index in [-0.39, 0.29) is 16.5 Å². The second-order valence-electron chi connectivity index (χ2n) is 6.54. The van der Waals surface area contributed by atoms with Crippen molar-refractivity contribution in [3.63, 3.8) is 0 Å². The number of fused-ring (bicyclic) bond motifs is 1. The smallest absolute Gasteiger partial charge is 0.287 e. The maximum Gasteiger partial charge on any atom is 0.296 e. The molecule has 4 rings (SSSR count). The molecule has 0 aliphatic carbocycles. The van der Waals surface area contributed by atoms with Gasteiger partial charge in [-0.05, 0) is 19.1 Å². The fraction of sp³-hybridized carbons (Fsp3) is 0.0952. The minimum atomic E-state index is -1.00. The van der Waals surface area contributed by atoms with Crippen molar-refractivity contribution in [2.45, 2.75) is 6.92 Å². The minimum absolute atomic E-state index is 0.0591. The summed E-state index contributed by atoms with van der Waals surface area (Å²) in [5, 5.41) is 3.49. The third-order valence-corrected chi connectivity index (χ3v) is 4.89. The zero-order chi connectivity index (χ0) is 20.7. The molecule has 8 heteroatoms. The molecule has 29 heavy (non-hydrogen) atoms. The van der Waals surface area contributed by atoms with Gasteiger partial charge in [-0.3, -0.25) is 29.3 Å². The van der Waals surface area contributed by atoms with Gasteiger partial charge in [0.1, 0.15) is 5.69 Å². The Kier molecular flexibility index (Phi) is 4.31. The number of rotatable bonds is 3. The molecular formula is C21H16N4O4. The van der Waals surface area contributed by atoms with Crippen molar-refractivity contribution in [1.82, 2.24) is 9.36 Å². The SMILES string of the molecule is Cc1c(N/N=c2\c(=O)c(=O)c3ccccc3c2=O)c(=O)n(-c2ccccc2)n1C. The van der Waals surface area contributed by atoms with E-state index in [4.69, 9.17) is 0 Å². The number of benzene rings is 3. The molecule has 1 N–H and O–H groups in total. The summed E-state index contributed by atoms with van der Waals surface area (Å²) in [4.78, 5) is 50.1. The van der Waals surface area contributed by atoms with Crippen LogP contribution in [0.15, 0.2) is 78.9 Å². The molecule has 0 radical (unpaired) electrons. The van der Waals surface area contributed by atoms with Gasteiger partial charge >= 0.3 is 0 Å². The third kappa shape index (κ3) is 2.82. The van der Waals surface area contributed by atoms with E-state index in [0.29, 0.717) is 11.4 Å². The van der Waals surface area contributed by atoms with Crippen LogP contribution in [0.1, 0.15) is 5.69 Å². The van der Waals surface area contributed by atoms with Crippen LogP contribution in [0, 0.1) is 6.92 Å². The maximum atomic E-state index is 12.9. The molecule has 0 atom stereocenters. The van der Waals surface area contributed by atoms with E-state index in [0.717, 1.165) is 0 Å². The lowest BCUT2D eigenvalue weighted by molar-refractivity contribution is 0.630. The van der Waals surface area contributed by atoms with Gasteiger partial charge in [-0.25, -0.2) is 4.68 Å². The highest BCUT2D eigenvalue weighted by atomic mass is 16.2. The summed E-state index contributed by atoms with van der Waals surface area (Å²) in [7, 11) is 1.71. The number of para-hydroxylation sites is 1. The fourth-order valence-corrected chi connectivity index (χ4v) is 3.25. The van der Waals surface area contributed by atoms with Gasteiger partial charge in [-0.15, -0.1) is 0 Å². The summed E-state index contributed by atoms with van der Waals surface area (Å²) in [6.07, 6.45) is 0. The van der Waals surface area contributed by atoms with Gasteiger partial charge < -0.3 is 0 Å². The first kappa shape index (κ1) is 18.3. The lowest BCUT2D eigenvalue weighted by atomic mass is 10.1. The second-order valence-corrected chi connectivity index (χ2v) is 6.54. The first-order valence-corrected chi connectivity index (χ1v) is 8.82.